The lowest BCUT2D eigenvalue weighted by Gasteiger charge is -2.17. The summed E-state index contributed by atoms with van der Waals surface area (Å²) in [5, 5.41) is 3.40. The molecule has 0 amide bonds. The Hall–Kier alpha value is -1.94. The van der Waals surface area contributed by atoms with Gasteiger partial charge in [-0.1, -0.05) is 6.07 Å². The fourth-order valence-electron chi connectivity index (χ4n) is 1.95. The smallest absolute Gasteiger partial charge is 0.127 e. The third-order valence-electron chi connectivity index (χ3n) is 3.07. The number of ether oxygens (including phenoxy) is 2. The maximum atomic E-state index is 5.40. The van der Waals surface area contributed by atoms with E-state index in [0.29, 0.717) is 6.54 Å². The third-order valence-corrected chi connectivity index (χ3v) is 3.07. The van der Waals surface area contributed by atoms with Crippen LogP contribution in [-0.4, -0.2) is 14.2 Å². The molecule has 19 heavy (non-hydrogen) atoms. The van der Waals surface area contributed by atoms with E-state index >= 15 is 0 Å². The molecule has 0 bridgehead atoms. The highest BCUT2D eigenvalue weighted by Gasteiger charge is 2.12. The first-order chi connectivity index (χ1) is 9.24. The van der Waals surface area contributed by atoms with Crippen LogP contribution < -0.4 is 14.8 Å². The summed E-state index contributed by atoms with van der Waals surface area (Å²) in [7, 11) is 3.31. The summed E-state index contributed by atoms with van der Waals surface area (Å²) >= 11 is 0. The molecule has 2 rings (SSSR count). The van der Waals surface area contributed by atoms with Crippen molar-refractivity contribution in [2.75, 3.05) is 14.2 Å². The molecule has 0 aliphatic carbocycles. The zero-order valence-corrected chi connectivity index (χ0v) is 11.5. The monoisotopic (exact) mass is 261 g/mol. The van der Waals surface area contributed by atoms with Crippen LogP contribution in [0.3, 0.4) is 0 Å². The quantitative estimate of drug-likeness (QED) is 0.867. The van der Waals surface area contributed by atoms with E-state index in [9.17, 15) is 0 Å². The summed E-state index contributed by atoms with van der Waals surface area (Å²) < 4.78 is 15.9. The Labute approximate surface area is 113 Å². The summed E-state index contributed by atoms with van der Waals surface area (Å²) in [6.07, 6.45) is 1.68. The lowest BCUT2D eigenvalue weighted by molar-refractivity contribution is 0.383. The molecule has 2 aromatic rings. The van der Waals surface area contributed by atoms with Crippen molar-refractivity contribution < 1.29 is 13.9 Å². The molecule has 1 unspecified atom stereocenters. The van der Waals surface area contributed by atoms with Crippen molar-refractivity contribution >= 4 is 0 Å². The fourth-order valence-corrected chi connectivity index (χ4v) is 1.95. The molecule has 0 aliphatic heterocycles. The van der Waals surface area contributed by atoms with Crippen LogP contribution in [0.4, 0.5) is 0 Å². The SMILES string of the molecule is COc1ccc(C(C)NCc2ccco2)c(OC)c1. The van der Waals surface area contributed by atoms with Crippen molar-refractivity contribution in [2.24, 2.45) is 0 Å². The number of benzene rings is 1. The second-order valence-electron chi connectivity index (χ2n) is 4.29. The van der Waals surface area contributed by atoms with Gasteiger partial charge in [0.1, 0.15) is 17.3 Å². The Bertz CT molecular complexity index is 508. The van der Waals surface area contributed by atoms with Crippen LogP contribution in [0.5, 0.6) is 11.5 Å². The fraction of sp³-hybridized carbons (Fsp3) is 0.333. The van der Waals surface area contributed by atoms with E-state index in [2.05, 4.69) is 12.2 Å². The first kappa shape index (κ1) is 13.5. The van der Waals surface area contributed by atoms with Gasteiger partial charge in [-0.3, -0.25) is 0 Å². The van der Waals surface area contributed by atoms with E-state index in [1.165, 1.54) is 0 Å². The molecule has 0 fully saturated rings. The minimum atomic E-state index is 0.158. The van der Waals surface area contributed by atoms with Gasteiger partial charge in [-0.05, 0) is 25.1 Å². The van der Waals surface area contributed by atoms with Crippen molar-refractivity contribution in [3.8, 4) is 11.5 Å². The van der Waals surface area contributed by atoms with Crippen molar-refractivity contribution in [1.29, 1.82) is 0 Å². The minimum absolute atomic E-state index is 0.158. The van der Waals surface area contributed by atoms with E-state index in [-0.39, 0.29) is 6.04 Å². The second-order valence-corrected chi connectivity index (χ2v) is 4.29. The molecule has 0 saturated carbocycles. The maximum Gasteiger partial charge on any atom is 0.127 e. The van der Waals surface area contributed by atoms with Crippen LogP contribution in [-0.2, 0) is 6.54 Å². The Morgan fingerprint density at radius 1 is 1.21 bits per heavy atom. The van der Waals surface area contributed by atoms with Gasteiger partial charge >= 0.3 is 0 Å². The van der Waals surface area contributed by atoms with Crippen LogP contribution in [0.2, 0.25) is 0 Å². The van der Waals surface area contributed by atoms with E-state index < -0.39 is 0 Å². The lowest BCUT2D eigenvalue weighted by Crippen LogP contribution is -2.18. The molecule has 102 valence electrons. The first-order valence-electron chi connectivity index (χ1n) is 6.22. The molecule has 1 aromatic carbocycles. The van der Waals surface area contributed by atoms with Gasteiger partial charge in [0.15, 0.2) is 0 Å². The summed E-state index contributed by atoms with van der Waals surface area (Å²) in [6.45, 7) is 2.77. The standard InChI is InChI=1S/C15H19NO3/c1-11(16-10-13-5-4-8-19-13)14-7-6-12(17-2)9-15(14)18-3/h4-9,11,16H,10H2,1-3H3. The molecule has 0 spiro atoms. The van der Waals surface area contributed by atoms with E-state index in [4.69, 9.17) is 13.9 Å². The zero-order chi connectivity index (χ0) is 13.7. The summed E-state index contributed by atoms with van der Waals surface area (Å²) in [4.78, 5) is 0. The van der Waals surface area contributed by atoms with Crippen LogP contribution in [0.15, 0.2) is 41.0 Å². The number of methoxy groups -OCH3 is 2. The van der Waals surface area contributed by atoms with Gasteiger partial charge in [0.2, 0.25) is 0 Å². The number of hydrogen-bond donors (Lipinski definition) is 1. The molecule has 1 heterocycles. The van der Waals surface area contributed by atoms with Crippen molar-refractivity contribution in [3.63, 3.8) is 0 Å². The molecular weight excluding hydrogens is 242 g/mol. The molecule has 1 N–H and O–H groups in total. The third kappa shape index (κ3) is 3.29. The van der Waals surface area contributed by atoms with Gasteiger partial charge in [-0.15, -0.1) is 0 Å². The van der Waals surface area contributed by atoms with E-state index in [1.807, 2.05) is 30.3 Å². The van der Waals surface area contributed by atoms with Gasteiger partial charge in [-0.2, -0.15) is 0 Å². The maximum absolute atomic E-state index is 5.40. The molecule has 0 radical (unpaired) electrons. The molecule has 1 atom stereocenters. The average molecular weight is 261 g/mol. The highest BCUT2D eigenvalue weighted by molar-refractivity contribution is 5.42. The van der Waals surface area contributed by atoms with E-state index in [0.717, 1.165) is 22.8 Å². The van der Waals surface area contributed by atoms with Gasteiger partial charge in [0.25, 0.3) is 0 Å². The highest BCUT2D eigenvalue weighted by atomic mass is 16.5. The predicted octanol–water partition coefficient (Wildman–Crippen LogP) is 3.15. The Kier molecular flexibility index (Phi) is 4.47. The topological polar surface area (TPSA) is 43.6 Å². The van der Waals surface area contributed by atoms with Crippen molar-refractivity contribution in [2.45, 2.75) is 19.5 Å². The summed E-state index contributed by atoms with van der Waals surface area (Å²) in [5.74, 6) is 2.52. The Morgan fingerprint density at radius 2 is 2.05 bits per heavy atom. The normalized spacial score (nSPS) is 12.2. The molecule has 1 aromatic heterocycles. The average Bonchev–Trinajstić information content (AvgIpc) is 2.97. The highest BCUT2D eigenvalue weighted by Crippen LogP contribution is 2.29. The summed E-state index contributed by atoms with van der Waals surface area (Å²) in [6, 6.07) is 9.83. The number of rotatable bonds is 6. The summed E-state index contributed by atoms with van der Waals surface area (Å²) in [5.41, 5.74) is 1.09. The Morgan fingerprint density at radius 3 is 2.68 bits per heavy atom. The van der Waals surface area contributed by atoms with Crippen LogP contribution in [0.1, 0.15) is 24.3 Å². The van der Waals surface area contributed by atoms with Crippen LogP contribution in [0, 0.1) is 0 Å². The molecule has 4 nitrogen and oxygen atoms in total. The first-order valence-corrected chi connectivity index (χ1v) is 6.22. The van der Waals surface area contributed by atoms with Crippen LogP contribution in [0.25, 0.3) is 0 Å². The van der Waals surface area contributed by atoms with Gasteiger partial charge in [0.05, 0.1) is 27.0 Å². The van der Waals surface area contributed by atoms with Crippen molar-refractivity contribution in [3.05, 3.63) is 47.9 Å². The Balaban J connectivity index is 2.07. The predicted molar refractivity (Wildman–Crippen MR) is 73.5 cm³/mol. The van der Waals surface area contributed by atoms with E-state index in [1.54, 1.807) is 20.5 Å². The van der Waals surface area contributed by atoms with Crippen molar-refractivity contribution in [1.82, 2.24) is 5.32 Å². The number of nitrogens with one attached hydrogen (secondary N) is 1. The number of hydrogen-bond acceptors (Lipinski definition) is 4. The largest absolute Gasteiger partial charge is 0.497 e. The van der Waals surface area contributed by atoms with Gasteiger partial charge in [0, 0.05) is 17.7 Å². The molecule has 0 saturated heterocycles. The van der Waals surface area contributed by atoms with Gasteiger partial charge in [-0.25, -0.2) is 0 Å². The molecule has 0 aliphatic rings. The lowest BCUT2D eigenvalue weighted by atomic mass is 10.1. The second kappa shape index (κ2) is 6.29. The zero-order valence-electron chi connectivity index (χ0n) is 11.5. The minimum Gasteiger partial charge on any atom is -0.497 e. The molecule has 4 heteroatoms. The van der Waals surface area contributed by atoms with Crippen LogP contribution >= 0.6 is 0 Å². The van der Waals surface area contributed by atoms with Gasteiger partial charge < -0.3 is 19.2 Å². The number of furan rings is 1. The molecular formula is C15H19NO3.